The molecule has 3 amide bonds. The number of nitrogens with two attached hydrogens (primary N) is 2. The number of guanidine groups is 1. The van der Waals surface area contributed by atoms with Crippen LogP contribution in [0.4, 0.5) is 0 Å². The molecule has 314 valence electrons. The lowest BCUT2D eigenvalue weighted by molar-refractivity contribution is -0.135. The molecule has 4 atom stereocenters. The average Bonchev–Trinajstić information content (AvgIpc) is 3.64. The lowest BCUT2D eigenvalue weighted by atomic mass is 9.87. The van der Waals surface area contributed by atoms with E-state index in [4.69, 9.17) is 11.5 Å². The molecule has 0 aliphatic carbocycles. The quantitative estimate of drug-likeness (QED) is 0.0280. The first-order chi connectivity index (χ1) is 26.2. The summed E-state index contributed by atoms with van der Waals surface area (Å²) in [5.41, 5.74) is 11.5. The molecule has 1 aromatic heterocycles. The molecule has 13 nitrogen and oxygen atoms in total. The minimum Gasteiger partial charge on any atom is -0.370 e. The average molecular weight is 773 g/mol. The van der Waals surface area contributed by atoms with E-state index in [1.54, 1.807) is 6.20 Å². The summed E-state index contributed by atoms with van der Waals surface area (Å²) in [6.45, 7) is 11.9. The van der Waals surface area contributed by atoms with Crippen LogP contribution in [0.1, 0.15) is 163 Å². The first-order valence-corrected chi connectivity index (χ1v) is 21.2. The lowest BCUT2D eigenvalue weighted by Crippen LogP contribution is -2.49. The molecular formula is C42H76N8O5. The molecule has 8 N–H and O–H groups in total. The third kappa shape index (κ3) is 23.7. The Bertz CT molecular complexity index is 1260. The van der Waals surface area contributed by atoms with Crippen molar-refractivity contribution < 1.29 is 24.0 Å². The van der Waals surface area contributed by atoms with Crippen molar-refractivity contribution in [2.24, 2.45) is 40.1 Å². The van der Waals surface area contributed by atoms with E-state index in [1.165, 1.54) is 70.5 Å². The molecule has 0 saturated carbocycles. The molecule has 0 fully saturated rings. The second-order valence-corrected chi connectivity index (χ2v) is 16.1. The fourth-order valence-corrected chi connectivity index (χ4v) is 6.74. The number of unbranched alkanes of at least 4 members (excludes halogenated alkanes) is 12. The molecule has 0 bridgehead atoms. The van der Waals surface area contributed by atoms with Gasteiger partial charge in [-0.3, -0.25) is 29.0 Å². The van der Waals surface area contributed by atoms with Gasteiger partial charge in [0.1, 0.15) is 0 Å². The van der Waals surface area contributed by atoms with Gasteiger partial charge in [-0.25, -0.2) is 4.98 Å². The number of ketones is 2. The molecule has 1 heterocycles. The summed E-state index contributed by atoms with van der Waals surface area (Å²) in [5.74, 6) is -3.10. The topological polar surface area (TPSA) is 215 Å². The monoisotopic (exact) mass is 773 g/mol. The molecule has 0 aliphatic heterocycles. The van der Waals surface area contributed by atoms with Gasteiger partial charge >= 0.3 is 0 Å². The summed E-state index contributed by atoms with van der Waals surface area (Å²) in [4.78, 5) is 77.3. The summed E-state index contributed by atoms with van der Waals surface area (Å²) < 4.78 is 0. The van der Waals surface area contributed by atoms with Gasteiger partial charge in [0.05, 0.1) is 24.8 Å². The minimum atomic E-state index is -0.849. The van der Waals surface area contributed by atoms with Gasteiger partial charge in [-0.15, -0.1) is 0 Å². The first kappa shape index (κ1) is 49.2. The lowest BCUT2D eigenvalue weighted by Gasteiger charge is -2.27. The number of Topliss-reactive ketones (excluding diaryl/α,β-unsaturated/α-hetero) is 2. The number of nitrogens with zero attached hydrogens (tertiary/aromatic N) is 2. The Balaban J connectivity index is 2.60. The van der Waals surface area contributed by atoms with Gasteiger partial charge in [0.2, 0.25) is 17.7 Å². The standard InChI is InChI=1S/C42H76N8O5/c1-7-8-9-10-11-12-13-14-15-16-17-18-19-22-38(53)47-28-35(51)26-36(30(2)3)41(55)50-39(31(4)5)37(52)25-33(24-34-27-45-29-48-34)40(54)49-32(6)21-20-23-46-42(43)44/h27,29-33,36,39H,7-26,28H2,1-6H3,(H,45,48)(H,47,53)(H,49,54)(H,50,55)(H4,43,44,46)/t32-,33-,36+,39+/m1/s1. The molecule has 0 aromatic carbocycles. The van der Waals surface area contributed by atoms with Gasteiger partial charge in [-0.05, 0) is 38.0 Å². The van der Waals surface area contributed by atoms with Crippen molar-refractivity contribution in [1.29, 1.82) is 0 Å². The van der Waals surface area contributed by atoms with Crippen molar-refractivity contribution in [1.82, 2.24) is 25.9 Å². The SMILES string of the molecule is CCCCCCCCCCCCCCCC(=O)NCC(=O)C[C@H](C(=O)N[C@H](C(=O)C[C@@H](Cc1cnc[nH]1)C(=O)N[C@H](C)CCCN=C(N)N)C(C)C)C(C)C. The Morgan fingerprint density at radius 2 is 1.36 bits per heavy atom. The normalized spacial score (nSPS) is 13.5. The third-order valence-corrected chi connectivity index (χ3v) is 10.2. The number of hydrogen-bond acceptors (Lipinski definition) is 7. The molecule has 0 saturated heterocycles. The Labute approximate surface area is 331 Å². The van der Waals surface area contributed by atoms with Crippen molar-refractivity contribution in [3.05, 3.63) is 18.2 Å². The maximum absolute atomic E-state index is 13.8. The van der Waals surface area contributed by atoms with E-state index in [0.717, 1.165) is 19.3 Å². The second-order valence-electron chi connectivity index (χ2n) is 16.1. The summed E-state index contributed by atoms with van der Waals surface area (Å²) >= 11 is 0. The summed E-state index contributed by atoms with van der Waals surface area (Å²) in [5, 5.41) is 8.65. The van der Waals surface area contributed by atoms with Crippen LogP contribution < -0.4 is 27.4 Å². The largest absolute Gasteiger partial charge is 0.370 e. The first-order valence-electron chi connectivity index (χ1n) is 21.2. The fourth-order valence-electron chi connectivity index (χ4n) is 6.74. The van der Waals surface area contributed by atoms with Crippen molar-refractivity contribution in [3.8, 4) is 0 Å². The Morgan fingerprint density at radius 1 is 0.764 bits per heavy atom. The van der Waals surface area contributed by atoms with Crippen LogP contribution in [0.2, 0.25) is 0 Å². The summed E-state index contributed by atoms with van der Waals surface area (Å²) in [7, 11) is 0. The molecule has 0 spiro atoms. The molecule has 0 unspecified atom stereocenters. The summed E-state index contributed by atoms with van der Waals surface area (Å²) in [6, 6.07) is -1.02. The Morgan fingerprint density at radius 3 is 1.89 bits per heavy atom. The van der Waals surface area contributed by atoms with Crippen LogP contribution >= 0.6 is 0 Å². The highest BCUT2D eigenvalue weighted by Crippen LogP contribution is 2.20. The zero-order valence-electron chi connectivity index (χ0n) is 35.1. The smallest absolute Gasteiger partial charge is 0.224 e. The number of hydrogen-bond donors (Lipinski definition) is 6. The van der Waals surface area contributed by atoms with Gasteiger partial charge < -0.3 is 32.4 Å². The van der Waals surface area contributed by atoms with Gasteiger partial charge in [0.25, 0.3) is 0 Å². The predicted molar refractivity (Wildman–Crippen MR) is 221 cm³/mol. The highest BCUT2D eigenvalue weighted by Gasteiger charge is 2.33. The van der Waals surface area contributed by atoms with E-state index in [2.05, 4.69) is 37.8 Å². The van der Waals surface area contributed by atoms with Crippen LogP contribution in [0.5, 0.6) is 0 Å². The number of rotatable bonds is 33. The van der Waals surface area contributed by atoms with Gasteiger partial charge in [0.15, 0.2) is 17.5 Å². The Hall–Kier alpha value is -3.77. The molecule has 55 heavy (non-hydrogen) atoms. The van der Waals surface area contributed by atoms with Gasteiger partial charge in [-0.2, -0.15) is 0 Å². The van der Waals surface area contributed by atoms with Crippen LogP contribution in [-0.2, 0) is 30.4 Å². The zero-order valence-corrected chi connectivity index (χ0v) is 35.1. The molecule has 0 aliphatic rings. The van der Waals surface area contributed by atoms with Crippen molar-refractivity contribution in [2.45, 2.75) is 176 Å². The second kappa shape index (κ2) is 29.5. The van der Waals surface area contributed by atoms with E-state index < -0.39 is 23.8 Å². The number of aromatic amines is 1. The number of H-pyrrole nitrogens is 1. The molecule has 0 radical (unpaired) electrons. The zero-order chi connectivity index (χ0) is 41.0. The van der Waals surface area contributed by atoms with Gasteiger partial charge in [-0.1, -0.05) is 112 Å². The number of carbonyl (C=O) groups excluding carboxylic acids is 5. The van der Waals surface area contributed by atoms with E-state index in [1.807, 2.05) is 34.6 Å². The van der Waals surface area contributed by atoms with E-state index in [-0.39, 0.29) is 73.0 Å². The Kier molecular flexibility index (Phi) is 26.4. The minimum absolute atomic E-state index is 0.0204. The van der Waals surface area contributed by atoms with Crippen molar-refractivity contribution >= 4 is 35.2 Å². The fraction of sp³-hybridized carbons (Fsp3) is 0.786. The van der Waals surface area contributed by atoms with Crippen LogP contribution in [0.15, 0.2) is 17.5 Å². The predicted octanol–water partition coefficient (Wildman–Crippen LogP) is 6.06. The van der Waals surface area contributed by atoms with E-state index in [0.29, 0.717) is 31.5 Å². The van der Waals surface area contributed by atoms with Crippen molar-refractivity contribution in [3.63, 3.8) is 0 Å². The van der Waals surface area contributed by atoms with Crippen LogP contribution in [0, 0.1) is 23.7 Å². The number of amides is 3. The van der Waals surface area contributed by atoms with Crippen molar-refractivity contribution in [2.75, 3.05) is 13.1 Å². The van der Waals surface area contributed by atoms with Crippen LogP contribution in [0.3, 0.4) is 0 Å². The number of imidazole rings is 1. The number of nitrogens with one attached hydrogen (secondary N) is 4. The van der Waals surface area contributed by atoms with Gasteiger partial charge in [0, 0.05) is 56.1 Å². The van der Waals surface area contributed by atoms with Crippen LogP contribution in [0.25, 0.3) is 0 Å². The highest BCUT2D eigenvalue weighted by atomic mass is 16.2. The molecule has 13 heteroatoms. The number of carbonyl (C=O) groups is 5. The maximum atomic E-state index is 13.8. The van der Waals surface area contributed by atoms with E-state index >= 15 is 0 Å². The third-order valence-electron chi connectivity index (χ3n) is 10.2. The summed E-state index contributed by atoms with van der Waals surface area (Å²) in [6.07, 6.45) is 21.0. The molecular weight excluding hydrogens is 697 g/mol. The highest BCUT2D eigenvalue weighted by molar-refractivity contribution is 5.95. The van der Waals surface area contributed by atoms with Crippen LogP contribution in [-0.4, -0.2) is 70.4 Å². The molecule has 1 rings (SSSR count). The maximum Gasteiger partial charge on any atom is 0.224 e. The molecule has 1 aromatic rings. The number of aliphatic imine (C=N–C) groups is 1. The number of aromatic nitrogens is 2. The van der Waals surface area contributed by atoms with E-state index in [9.17, 15) is 24.0 Å².